The summed E-state index contributed by atoms with van der Waals surface area (Å²) in [4.78, 5) is 25.0. The second-order valence-corrected chi connectivity index (χ2v) is 9.29. The predicted octanol–water partition coefficient (Wildman–Crippen LogP) is 4.33. The molecule has 6 atom stereocenters. The van der Waals surface area contributed by atoms with Crippen LogP contribution in [-0.4, -0.2) is 12.1 Å². The van der Waals surface area contributed by atoms with Crippen molar-refractivity contribution in [3.8, 4) is 0 Å². The molecule has 4 saturated carbocycles. The van der Waals surface area contributed by atoms with E-state index in [1.54, 1.807) is 0 Å². The van der Waals surface area contributed by atoms with Gasteiger partial charge in [-0.1, -0.05) is 32.4 Å². The summed E-state index contributed by atoms with van der Waals surface area (Å²) in [5.41, 5.74) is 1.17. The van der Waals surface area contributed by atoms with Crippen LogP contribution in [0.2, 0.25) is 0 Å². The molecule has 0 aromatic carbocycles. The lowest BCUT2D eigenvalue weighted by Gasteiger charge is -2.62. The molecule has 0 heterocycles. The molecule has 4 rings (SSSR count). The van der Waals surface area contributed by atoms with Crippen LogP contribution in [0, 0.1) is 34.0 Å². The molecule has 0 N–H and O–H groups in total. The maximum absolute atomic E-state index is 13.2. The second-order valence-electron chi connectivity index (χ2n) is 9.29. The first-order chi connectivity index (χ1) is 10.3. The molecule has 22 heavy (non-hydrogen) atoms. The Kier molecular flexibility index (Phi) is 2.89. The van der Waals surface area contributed by atoms with Gasteiger partial charge in [-0.2, -0.15) is 0 Å². The van der Waals surface area contributed by atoms with Crippen molar-refractivity contribution in [1.82, 2.24) is 0 Å². The van der Waals surface area contributed by atoms with Gasteiger partial charge in [0.05, 0.1) is 0 Å². The van der Waals surface area contributed by atoms with Gasteiger partial charge in [0, 0.05) is 17.8 Å². The van der Waals surface area contributed by atoms with Crippen LogP contribution < -0.4 is 0 Å². The quantitative estimate of drug-likeness (QED) is 0.533. The van der Waals surface area contributed by atoms with Gasteiger partial charge in [-0.05, 0) is 61.2 Å². The van der Waals surface area contributed by atoms with Crippen LogP contribution >= 0.6 is 0 Å². The minimum atomic E-state index is -0.432. The number of ketones is 1. The van der Waals surface area contributed by atoms with Gasteiger partial charge in [0.25, 0.3) is 0 Å². The average molecular weight is 300 g/mol. The van der Waals surface area contributed by atoms with Crippen LogP contribution in [0.4, 0.5) is 0 Å². The Morgan fingerprint density at radius 3 is 2.68 bits per heavy atom. The van der Waals surface area contributed by atoms with E-state index >= 15 is 0 Å². The standard InChI is InChI=1S/C20H28O2/c1-13-9-20-10-14(13)5-6-16(20)19(3)8-4-7-18(2,12-21)17(19)15(22)11-20/h12,14,16-17H,1,4-11H2,2-3H3/t14-,16+,17-,18+,19+,20-/m1/s1. The van der Waals surface area contributed by atoms with Crippen LogP contribution in [0.25, 0.3) is 0 Å². The molecule has 2 bridgehead atoms. The van der Waals surface area contributed by atoms with Crippen LogP contribution in [0.3, 0.4) is 0 Å². The van der Waals surface area contributed by atoms with Gasteiger partial charge >= 0.3 is 0 Å². The largest absolute Gasteiger partial charge is 0.303 e. The molecule has 1 spiro atoms. The van der Waals surface area contributed by atoms with E-state index < -0.39 is 5.41 Å². The van der Waals surface area contributed by atoms with Gasteiger partial charge < -0.3 is 4.79 Å². The first-order valence-corrected chi connectivity index (χ1v) is 9.01. The van der Waals surface area contributed by atoms with Crippen molar-refractivity contribution in [3.63, 3.8) is 0 Å². The van der Waals surface area contributed by atoms with Gasteiger partial charge in [0.1, 0.15) is 12.1 Å². The number of hydrogen-bond donors (Lipinski definition) is 0. The van der Waals surface area contributed by atoms with E-state index in [1.165, 1.54) is 24.8 Å². The number of hydrogen-bond acceptors (Lipinski definition) is 2. The number of carbonyl (C=O) groups is 2. The molecule has 0 saturated heterocycles. The fourth-order valence-corrected chi connectivity index (χ4v) is 7.42. The molecule has 0 amide bonds. The molecule has 0 aliphatic heterocycles. The zero-order valence-electron chi connectivity index (χ0n) is 14.0. The van der Waals surface area contributed by atoms with Crippen LogP contribution in [0.15, 0.2) is 12.2 Å². The fourth-order valence-electron chi connectivity index (χ4n) is 7.42. The smallest absolute Gasteiger partial charge is 0.138 e. The number of aldehydes is 1. The minimum absolute atomic E-state index is 0.0266. The van der Waals surface area contributed by atoms with Gasteiger partial charge in [-0.15, -0.1) is 0 Å². The highest BCUT2D eigenvalue weighted by molar-refractivity contribution is 5.88. The number of allylic oxidation sites excluding steroid dienone is 1. The molecule has 0 aromatic heterocycles. The number of Topliss-reactive ketones (excluding diaryl/α,β-unsaturated/α-hetero) is 1. The van der Waals surface area contributed by atoms with Crippen molar-refractivity contribution in [3.05, 3.63) is 12.2 Å². The summed E-state index contributed by atoms with van der Waals surface area (Å²) >= 11 is 0. The summed E-state index contributed by atoms with van der Waals surface area (Å²) in [7, 11) is 0. The third-order valence-corrected chi connectivity index (χ3v) is 8.02. The van der Waals surface area contributed by atoms with Crippen molar-refractivity contribution >= 4 is 12.1 Å². The second kappa shape index (κ2) is 4.33. The van der Waals surface area contributed by atoms with Crippen LogP contribution in [-0.2, 0) is 9.59 Å². The Balaban J connectivity index is 1.81. The lowest BCUT2D eigenvalue weighted by molar-refractivity contribution is -0.172. The van der Waals surface area contributed by atoms with Crippen molar-refractivity contribution in [2.24, 2.45) is 34.0 Å². The van der Waals surface area contributed by atoms with Gasteiger partial charge in [-0.25, -0.2) is 0 Å². The molecule has 4 fully saturated rings. The third kappa shape index (κ3) is 1.62. The molecule has 0 unspecified atom stereocenters. The maximum Gasteiger partial charge on any atom is 0.138 e. The summed E-state index contributed by atoms with van der Waals surface area (Å²) in [6, 6.07) is 0. The first-order valence-electron chi connectivity index (χ1n) is 9.01. The van der Waals surface area contributed by atoms with Gasteiger partial charge in [0.15, 0.2) is 0 Å². The Bertz CT molecular complexity index is 564. The molecule has 120 valence electrons. The van der Waals surface area contributed by atoms with Crippen molar-refractivity contribution in [2.75, 3.05) is 0 Å². The third-order valence-electron chi connectivity index (χ3n) is 8.02. The van der Waals surface area contributed by atoms with Crippen molar-refractivity contribution in [2.45, 2.75) is 65.2 Å². The zero-order valence-corrected chi connectivity index (χ0v) is 14.0. The highest BCUT2D eigenvalue weighted by Gasteiger charge is 2.66. The van der Waals surface area contributed by atoms with E-state index in [0.717, 1.165) is 32.0 Å². The number of rotatable bonds is 1. The summed E-state index contributed by atoms with van der Waals surface area (Å²) in [5, 5.41) is 0. The molecular formula is C20H28O2. The molecule has 0 radical (unpaired) electrons. The van der Waals surface area contributed by atoms with E-state index in [2.05, 4.69) is 13.5 Å². The van der Waals surface area contributed by atoms with Crippen LogP contribution in [0.1, 0.15) is 65.2 Å². The summed E-state index contributed by atoms with van der Waals surface area (Å²) in [5.74, 6) is 1.60. The van der Waals surface area contributed by atoms with Gasteiger partial charge in [-0.3, -0.25) is 4.79 Å². The Morgan fingerprint density at radius 1 is 1.18 bits per heavy atom. The fraction of sp³-hybridized carbons (Fsp3) is 0.800. The van der Waals surface area contributed by atoms with Gasteiger partial charge in [0.2, 0.25) is 0 Å². The number of fused-ring (bicyclic) bond motifs is 3. The molecule has 2 heteroatoms. The van der Waals surface area contributed by atoms with Crippen molar-refractivity contribution in [1.29, 1.82) is 0 Å². The first kappa shape index (κ1) is 14.7. The molecule has 2 nitrogen and oxygen atoms in total. The zero-order chi connectivity index (χ0) is 15.8. The topological polar surface area (TPSA) is 34.1 Å². The number of carbonyl (C=O) groups excluding carboxylic acids is 2. The summed E-state index contributed by atoms with van der Waals surface area (Å²) < 4.78 is 0. The van der Waals surface area contributed by atoms with Crippen molar-refractivity contribution < 1.29 is 9.59 Å². The molecular weight excluding hydrogens is 272 g/mol. The summed E-state index contributed by atoms with van der Waals surface area (Å²) in [6.45, 7) is 8.69. The monoisotopic (exact) mass is 300 g/mol. The molecule has 4 aliphatic rings. The molecule has 0 aromatic rings. The SMILES string of the molecule is C=C1C[C@@]23CC(=O)[C@H]4[C@@](C)(CCC[C@@]4(C)C=O)[C@@H]2CC[C@@H]1C3. The van der Waals surface area contributed by atoms with E-state index in [0.29, 0.717) is 24.0 Å². The van der Waals surface area contributed by atoms with E-state index in [9.17, 15) is 9.59 Å². The highest BCUT2D eigenvalue weighted by atomic mass is 16.1. The normalized spacial score (nSPS) is 53.8. The predicted molar refractivity (Wildman–Crippen MR) is 86.3 cm³/mol. The average Bonchev–Trinajstić information content (AvgIpc) is 2.67. The minimum Gasteiger partial charge on any atom is -0.303 e. The molecule has 4 aliphatic carbocycles. The summed E-state index contributed by atoms with van der Waals surface area (Å²) in [6.07, 6.45) is 9.64. The van der Waals surface area contributed by atoms with E-state index in [-0.39, 0.29) is 16.7 Å². The van der Waals surface area contributed by atoms with E-state index in [4.69, 9.17) is 0 Å². The Hall–Kier alpha value is -0.920. The Morgan fingerprint density at radius 2 is 1.95 bits per heavy atom. The highest BCUT2D eigenvalue weighted by Crippen LogP contribution is 2.70. The lowest BCUT2D eigenvalue weighted by Crippen LogP contribution is -2.60. The Labute approximate surface area is 133 Å². The van der Waals surface area contributed by atoms with E-state index in [1.807, 2.05) is 6.92 Å². The lowest BCUT2D eigenvalue weighted by atomic mass is 9.41. The maximum atomic E-state index is 13.2. The van der Waals surface area contributed by atoms with Crippen LogP contribution in [0.5, 0.6) is 0 Å².